The van der Waals surface area contributed by atoms with Crippen molar-refractivity contribution in [3.05, 3.63) is 0 Å². The van der Waals surface area contributed by atoms with Gasteiger partial charge < -0.3 is 32.5 Å². The van der Waals surface area contributed by atoms with E-state index in [0.29, 0.717) is 6.42 Å². The van der Waals surface area contributed by atoms with Crippen molar-refractivity contribution in [1.29, 1.82) is 0 Å². The fourth-order valence-corrected chi connectivity index (χ4v) is 2.37. The van der Waals surface area contributed by atoms with Crippen LogP contribution in [0.15, 0.2) is 0 Å². The Bertz CT molecular complexity index is 600. The Hall–Kier alpha value is -2.34. The second kappa shape index (κ2) is 12.2. The van der Waals surface area contributed by atoms with Crippen LogP contribution in [0, 0.1) is 5.92 Å². The fourth-order valence-electron chi connectivity index (χ4n) is 2.12. The number of hydrogen-bond acceptors (Lipinski definition) is 7. The number of amides is 4. The molecule has 0 saturated heterocycles. The van der Waals surface area contributed by atoms with Crippen LogP contribution in [-0.4, -0.2) is 64.6 Å². The zero-order chi connectivity index (χ0) is 22.0. The molecule has 0 radical (unpaired) electrons. The van der Waals surface area contributed by atoms with Crippen molar-refractivity contribution in [2.45, 2.75) is 57.8 Å². The van der Waals surface area contributed by atoms with Crippen LogP contribution in [0.1, 0.15) is 33.6 Å². The Labute approximate surface area is 168 Å². The molecule has 11 nitrogen and oxygen atoms in total. The number of carboxylic acid groups (broad SMARTS) is 1. The molecule has 0 saturated carbocycles. The molecule has 0 aliphatic rings. The molecule has 0 aromatic rings. The van der Waals surface area contributed by atoms with E-state index in [-0.39, 0.29) is 11.7 Å². The van der Waals surface area contributed by atoms with Crippen molar-refractivity contribution in [2.75, 3.05) is 5.75 Å². The average molecular weight is 420 g/mol. The third-order valence-electron chi connectivity index (χ3n) is 4.04. The minimum Gasteiger partial charge on any atom is -0.480 e. The SMILES string of the molecule is CCC(C)C(NC(=O)C(CS)NC(=O)C(CC(N)=O)NC(=O)C(C)N)C(=O)O. The second-order valence-electron chi connectivity index (χ2n) is 6.47. The summed E-state index contributed by atoms with van der Waals surface area (Å²) in [5.74, 6) is -4.83. The number of nitrogens with two attached hydrogens (primary N) is 2. The van der Waals surface area contributed by atoms with Gasteiger partial charge in [0.15, 0.2) is 0 Å². The first kappa shape index (κ1) is 25.7. The standard InChI is InChI=1S/C16H29N5O6S/c1-4-7(2)12(16(26)27)21-15(25)10(6-28)20-14(24)9(5-11(18)22)19-13(23)8(3)17/h7-10,12,28H,4-6,17H2,1-3H3,(H2,18,22)(H,19,23)(H,20,24)(H,21,25)(H,26,27). The Morgan fingerprint density at radius 2 is 1.46 bits per heavy atom. The molecule has 0 aliphatic carbocycles. The first-order valence-corrected chi connectivity index (χ1v) is 9.36. The molecule has 5 unspecified atom stereocenters. The van der Waals surface area contributed by atoms with Gasteiger partial charge in [-0.05, 0) is 12.8 Å². The highest BCUT2D eigenvalue weighted by Crippen LogP contribution is 2.08. The number of hydrogen-bond donors (Lipinski definition) is 7. The van der Waals surface area contributed by atoms with Gasteiger partial charge in [0.2, 0.25) is 23.6 Å². The maximum absolute atomic E-state index is 12.4. The molecule has 0 spiro atoms. The number of thiol groups is 1. The molecule has 0 bridgehead atoms. The van der Waals surface area contributed by atoms with Gasteiger partial charge in [0.05, 0.1) is 12.5 Å². The minimum absolute atomic E-state index is 0.144. The molecule has 0 aliphatic heterocycles. The van der Waals surface area contributed by atoms with Crippen molar-refractivity contribution < 1.29 is 29.1 Å². The molecular weight excluding hydrogens is 390 g/mol. The van der Waals surface area contributed by atoms with Crippen molar-refractivity contribution in [3.63, 3.8) is 0 Å². The van der Waals surface area contributed by atoms with E-state index in [1.54, 1.807) is 13.8 Å². The van der Waals surface area contributed by atoms with Crippen LogP contribution in [0.5, 0.6) is 0 Å². The van der Waals surface area contributed by atoms with Gasteiger partial charge in [-0.1, -0.05) is 20.3 Å². The van der Waals surface area contributed by atoms with E-state index in [1.165, 1.54) is 6.92 Å². The minimum atomic E-state index is -1.34. The summed E-state index contributed by atoms with van der Waals surface area (Å²) >= 11 is 4.00. The predicted octanol–water partition coefficient (Wildman–Crippen LogP) is -2.28. The molecule has 12 heteroatoms. The highest BCUT2D eigenvalue weighted by Gasteiger charge is 2.31. The lowest BCUT2D eigenvalue weighted by Gasteiger charge is -2.25. The van der Waals surface area contributed by atoms with Crippen LogP contribution < -0.4 is 27.4 Å². The normalized spacial score (nSPS) is 16.0. The number of primary amides is 1. The number of carboxylic acids is 1. The van der Waals surface area contributed by atoms with Crippen LogP contribution >= 0.6 is 12.6 Å². The van der Waals surface area contributed by atoms with E-state index in [2.05, 4.69) is 28.6 Å². The van der Waals surface area contributed by atoms with Gasteiger partial charge in [-0.2, -0.15) is 12.6 Å². The monoisotopic (exact) mass is 419 g/mol. The molecule has 0 heterocycles. The first-order chi connectivity index (χ1) is 12.9. The average Bonchev–Trinajstić information content (AvgIpc) is 2.61. The molecule has 28 heavy (non-hydrogen) atoms. The van der Waals surface area contributed by atoms with Gasteiger partial charge in [-0.25, -0.2) is 4.79 Å². The highest BCUT2D eigenvalue weighted by molar-refractivity contribution is 7.80. The lowest BCUT2D eigenvalue weighted by atomic mass is 9.99. The third kappa shape index (κ3) is 8.57. The van der Waals surface area contributed by atoms with Crippen molar-refractivity contribution in [2.24, 2.45) is 17.4 Å². The van der Waals surface area contributed by atoms with Crippen molar-refractivity contribution in [3.8, 4) is 0 Å². The van der Waals surface area contributed by atoms with E-state index in [0.717, 1.165) is 0 Å². The summed E-state index contributed by atoms with van der Waals surface area (Å²) < 4.78 is 0. The van der Waals surface area contributed by atoms with Gasteiger partial charge in [-0.3, -0.25) is 19.2 Å². The third-order valence-corrected chi connectivity index (χ3v) is 4.41. The molecule has 0 fully saturated rings. The van der Waals surface area contributed by atoms with Gasteiger partial charge >= 0.3 is 5.97 Å². The Balaban J connectivity index is 5.22. The van der Waals surface area contributed by atoms with Gasteiger partial charge in [0, 0.05) is 5.75 Å². The summed E-state index contributed by atoms with van der Waals surface area (Å²) in [5.41, 5.74) is 10.5. The number of aliphatic carboxylic acids is 1. The van der Waals surface area contributed by atoms with E-state index in [1.807, 2.05) is 0 Å². The lowest BCUT2D eigenvalue weighted by Crippen LogP contribution is -2.58. The summed E-state index contributed by atoms with van der Waals surface area (Å²) in [6.45, 7) is 4.83. The molecule has 0 aromatic heterocycles. The van der Waals surface area contributed by atoms with E-state index in [9.17, 15) is 29.1 Å². The van der Waals surface area contributed by atoms with E-state index < -0.39 is 60.2 Å². The molecular formula is C16H29N5O6S. The van der Waals surface area contributed by atoms with Crippen molar-refractivity contribution in [1.82, 2.24) is 16.0 Å². The quantitative estimate of drug-likeness (QED) is 0.173. The lowest BCUT2D eigenvalue weighted by molar-refractivity contribution is -0.143. The Morgan fingerprint density at radius 1 is 0.964 bits per heavy atom. The number of carbonyl (C=O) groups is 5. The van der Waals surface area contributed by atoms with E-state index >= 15 is 0 Å². The summed E-state index contributed by atoms with van der Waals surface area (Å²) in [6.07, 6.45) is 0.00889. The molecule has 160 valence electrons. The highest BCUT2D eigenvalue weighted by atomic mass is 32.1. The van der Waals surface area contributed by atoms with Crippen LogP contribution in [0.3, 0.4) is 0 Å². The molecule has 8 N–H and O–H groups in total. The summed E-state index contributed by atoms with van der Waals surface area (Å²) in [6, 6.07) is -4.60. The van der Waals surface area contributed by atoms with E-state index in [4.69, 9.17) is 11.5 Å². The first-order valence-electron chi connectivity index (χ1n) is 8.73. The Kier molecular flexibility index (Phi) is 11.2. The van der Waals surface area contributed by atoms with Gasteiger partial charge in [-0.15, -0.1) is 0 Å². The zero-order valence-electron chi connectivity index (χ0n) is 16.1. The van der Waals surface area contributed by atoms with Crippen LogP contribution in [0.2, 0.25) is 0 Å². The van der Waals surface area contributed by atoms with Crippen LogP contribution in [0.25, 0.3) is 0 Å². The molecule has 4 amide bonds. The second-order valence-corrected chi connectivity index (χ2v) is 6.84. The summed E-state index contributed by atoms with van der Waals surface area (Å²) in [4.78, 5) is 59.1. The predicted molar refractivity (Wildman–Crippen MR) is 104 cm³/mol. The molecule has 0 aromatic carbocycles. The van der Waals surface area contributed by atoms with Crippen molar-refractivity contribution >= 4 is 42.2 Å². The smallest absolute Gasteiger partial charge is 0.326 e. The Morgan fingerprint density at radius 3 is 1.86 bits per heavy atom. The topological polar surface area (TPSA) is 194 Å². The summed E-state index contributed by atoms with van der Waals surface area (Å²) in [5, 5.41) is 16.2. The van der Waals surface area contributed by atoms with Crippen LogP contribution in [-0.2, 0) is 24.0 Å². The summed E-state index contributed by atoms with van der Waals surface area (Å²) in [7, 11) is 0. The van der Waals surface area contributed by atoms with Gasteiger partial charge in [0.1, 0.15) is 18.1 Å². The number of carbonyl (C=O) groups excluding carboxylic acids is 4. The molecule has 0 rings (SSSR count). The largest absolute Gasteiger partial charge is 0.480 e. The zero-order valence-corrected chi connectivity index (χ0v) is 17.0. The molecule has 5 atom stereocenters. The van der Waals surface area contributed by atoms with Gasteiger partial charge in [0.25, 0.3) is 0 Å². The maximum Gasteiger partial charge on any atom is 0.326 e. The number of nitrogens with one attached hydrogen (secondary N) is 3. The van der Waals surface area contributed by atoms with Crippen LogP contribution in [0.4, 0.5) is 0 Å². The maximum atomic E-state index is 12.4. The number of rotatable bonds is 12. The fraction of sp³-hybridized carbons (Fsp3) is 0.688.